The molecule has 0 radical (unpaired) electrons. The molecule has 8 nitrogen and oxygen atoms in total. The fraction of sp³-hybridized carbons (Fsp3) is 0.333. The van der Waals surface area contributed by atoms with E-state index in [2.05, 4.69) is 0 Å². The Kier molecular flexibility index (Phi) is 8.28. The molecule has 28 heavy (non-hydrogen) atoms. The van der Waals surface area contributed by atoms with Crippen LogP contribution in [-0.2, 0) is 11.8 Å². The van der Waals surface area contributed by atoms with Gasteiger partial charge in [-0.15, -0.1) is 23.2 Å². The molecule has 0 aliphatic heterocycles. The third-order valence-corrected chi connectivity index (χ3v) is 4.43. The molecule has 0 bridgehead atoms. The topological polar surface area (TPSA) is 105 Å². The summed E-state index contributed by atoms with van der Waals surface area (Å²) in [6.45, 7) is 0.793. The first-order valence-electron chi connectivity index (χ1n) is 8.38. The summed E-state index contributed by atoms with van der Waals surface area (Å²) in [5.74, 6) is 1.26. The molecule has 0 unspecified atom stereocenters. The van der Waals surface area contributed by atoms with Crippen molar-refractivity contribution in [3.63, 3.8) is 0 Å². The Morgan fingerprint density at radius 2 is 1.14 bits per heavy atom. The van der Waals surface area contributed by atoms with E-state index in [-0.39, 0.29) is 23.1 Å². The van der Waals surface area contributed by atoms with Crippen molar-refractivity contribution >= 4 is 34.6 Å². The average molecular weight is 429 g/mol. The van der Waals surface area contributed by atoms with Crippen LogP contribution in [-0.4, -0.2) is 23.1 Å². The van der Waals surface area contributed by atoms with E-state index < -0.39 is 9.85 Å². The van der Waals surface area contributed by atoms with Crippen LogP contribution in [0.2, 0.25) is 0 Å². The van der Waals surface area contributed by atoms with E-state index in [1.165, 1.54) is 36.4 Å². The van der Waals surface area contributed by atoms with Gasteiger partial charge in [-0.3, -0.25) is 20.2 Å². The quantitative estimate of drug-likeness (QED) is 0.210. The van der Waals surface area contributed by atoms with E-state index in [1.807, 2.05) is 0 Å². The zero-order chi connectivity index (χ0) is 20.5. The number of unbranched alkanes of at least 4 members (excludes halogenated alkanes) is 1. The molecule has 2 rings (SSSR count). The van der Waals surface area contributed by atoms with Crippen LogP contribution < -0.4 is 9.47 Å². The van der Waals surface area contributed by atoms with Crippen LogP contribution in [0.3, 0.4) is 0 Å². The van der Waals surface area contributed by atoms with Gasteiger partial charge in [0.15, 0.2) is 0 Å². The molecular formula is C18H18Cl2N2O6. The lowest BCUT2D eigenvalue weighted by molar-refractivity contribution is -0.385. The van der Waals surface area contributed by atoms with E-state index in [0.29, 0.717) is 48.7 Å². The summed E-state index contributed by atoms with van der Waals surface area (Å²) >= 11 is 11.6. The molecule has 0 aliphatic carbocycles. The van der Waals surface area contributed by atoms with Crippen LogP contribution in [0.15, 0.2) is 36.4 Å². The second kappa shape index (κ2) is 10.7. The molecule has 2 aromatic carbocycles. The maximum Gasteiger partial charge on any atom is 0.270 e. The van der Waals surface area contributed by atoms with Gasteiger partial charge in [-0.05, 0) is 25.0 Å². The number of non-ortho nitro benzene ring substituents is 2. The summed E-state index contributed by atoms with van der Waals surface area (Å²) in [5, 5.41) is 21.6. The first-order chi connectivity index (χ1) is 13.5. The highest BCUT2D eigenvalue weighted by Gasteiger charge is 2.12. The van der Waals surface area contributed by atoms with Crippen molar-refractivity contribution in [2.45, 2.75) is 24.6 Å². The highest BCUT2D eigenvalue weighted by atomic mass is 35.5. The van der Waals surface area contributed by atoms with Gasteiger partial charge >= 0.3 is 0 Å². The van der Waals surface area contributed by atoms with Gasteiger partial charge in [0.25, 0.3) is 11.4 Å². The molecule has 0 atom stereocenters. The Morgan fingerprint density at radius 1 is 0.750 bits per heavy atom. The number of nitro groups is 2. The van der Waals surface area contributed by atoms with Gasteiger partial charge in [-0.1, -0.05) is 0 Å². The number of nitro benzene ring substituents is 2. The maximum atomic E-state index is 10.8. The molecule has 0 aliphatic rings. The normalized spacial score (nSPS) is 10.5. The van der Waals surface area contributed by atoms with E-state index in [1.54, 1.807) is 0 Å². The van der Waals surface area contributed by atoms with Crippen LogP contribution in [0, 0.1) is 20.2 Å². The van der Waals surface area contributed by atoms with Crippen molar-refractivity contribution in [2.75, 3.05) is 13.2 Å². The Morgan fingerprint density at radius 3 is 1.46 bits per heavy atom. The zero-order valence-corrected chi connectivity index (χ0v) is 16.3. The molecular weight excluding hydrogens is 411 g/mol. The van der Waals surface area contributed by atoms with Crippen LogP contribution in [0.25, 0.3) is 0 Å². The predicted octanol–water partition coefficient (Wildman–Crippen LogP) is 5.22. The van der Waals surface area contributed by atoms with Gasteiger partial charge in [-0.2, -0.15) is 0 Å². The number of halogens is 2. The fourth-order valence-corrected chi connectivity index (χ4v) is 2.84. The first-order valence-corrected chi connectivity index (χ1v) is 9.45. The van der Waals surface area contributed by atoms with Gasteiger partial charge in [0, 0.05) is 35.4 Å². The van der Waals surface area contributed by atoms with Crippen LogP contribution in [0.5, 0.6) is 11.5 Å². The number of rotatable bonds is 11. The number of hydrogen-bond donors (Lipinski definition) is 0. The minimum Gasteiger partial charge on any atom is -0.493 e. The largest absolute Gasteiger partial charge is 0.493 e. The Labute approximate surface area is 171 Å². The molecule has 0 heterocycles. The molecule has 2 aromatic rings. The Balaban J connectivity index is 1.80. The number of alkyl halides is 2. The summed E-state index contributed by atoms with van der Waals surface area (Å²) in [4.78, 5) is 20.6. The van der Waals surface area contributed by atoms with Crippen LogP contribution >= 0.6 is 23.2 Å². The highest BCUT2D eigenvalue weighted by molar-refractivity contribution is 6.17. The summed E-state index contributed by atoms with van der Waals surface area (Å²) < 4.78 is 11.3. The van der Waals surface area contributed by atoms with Gasteiger partial charge in [0.1, 0.15) is 11.5 Å². The monoisotopic (exact) mass is 428 g/mol. The predicted molar refractivity (Wildman–Crippen MR) is 106 cm³/mol. The van der Waals surface area contributed by atoms with Gasteiger partial charge in [-0.25, -0.2) is 0 Å². The number of ether oxygens (including phenoxy) is 2. The molecule has 10 heteroatoms. The van der Waals surface area contributed by atoms with E-state index in [0.717, 1.165) is 0 Å². The van der Waals surface area contributed by atoms with Crippen LogP contribution in [0.4, 0.5) is 11.4 Å². The summed E-state index contributed by atoms with van der Waals surface area (Å²) in [7, 11) is 0. The summed E-state index contributed by atoms with van der Waals surface area (Å²) in [6, 6.07) is 8.61. The van der Waals surface area contributed by atoms with Gasteiger partial charge < -0.3 is 9.47 Å². The zero-order valence-electron chi connectivity index (χ0n) is 14.8. The van der Waals surface area contributed by atoms with E-state index in [4.69, 9.17) is 32.7 Å². The number of nitrogens with zero attached hydrogens (tertiary/aromatic N) is 2. The fourth-order valence-electron chi connectivity index (χ4n) is 2.42. The molecule has 0 spiro atoms. The lowest BCUT2D eigenvalue weighted by Gasteiger charge is -2.11. The molecule has 0 aromatic heterocycles. The van der Waals surface area contributed by atoms with Gasteiger partial charge in [0.2, 0.25) is 0 Å². The molecule has 0 amide bonds. The minimum atomic E-state index is -0.482. The summed E-state index contributed by atoms with van der Waals surface area (Å²) in [6.07, 6.45) is 1.36. The second-order valence-electron chi connectivity index (χ2n) is 5.77. The van der Waals surface area contributed by atoms with Crippen molar-refractivity contribution in [3.05, 3.63) is 67.8 Å². The van der Waals surface area contributed by atoms with Crippen molar-refractivity contribution in [3.8, 4) is 11.5 Å². The van der Waals surface area contributed by atoms with Crippen LogP contribution in [0.1, 0.15) is 24.0 Å². The van der Waals surface area contributed by atoms with E-state index >= 15 is 0 Å². The van der Waals surface area contributed by atoms with Gasteiger partial charge in [0.05, 0.1) is 34.8 Å². The SMILES string of the molecule is O=[N+]([O-])c1ccc(OCCCCOc2ccc([N+](=O)[O-])cc2CCl)c(CCl)c1. The highest BCUT2D eigenvalue weighted by Crippen LogP contribution is 2.27. The third kappa shape index (κ3) is 5.97. The standard InChI is InChI=1S/C18H18Cl2N2O6/c19-11-13-9-15(21(23)24)3-5-17(13)27-7-1-2-8-28-18-6-4-16(22(25)26)10-14(18)12-20/h3-6,9-10H,1-2,7-8,11-12H2. The molecule has 0 saturated heterocycles. The average Bonchev–Trinajstić information content (AvgIpc) is 2.70. The second-order valence-corrected chi connectivity index (χ2v) is 6.30. The Bertz CT molecular complexity index is 777. The Hall–Kier alpha value is -2.58. The smallest absolute Gasteiger partial charge is 0.270 e. The van der Waals surface area contributed by atoms with Crippen molar-refractivity contribution < 1.29 is 19.3 Å². The minimum absolute atomic E-state index is 0.0328. The van der Waals surface area contributed by atoms with Crippen molar-refractivity contribution in [1.82, 2.24) is 0 Å². The number of benzene rings is 2. The molecule has 0 fully saturated rings. The lowest BCUT2D eigenvalue weighted by Crippen LogP contribution is -2.05. The molecule has 0 saturated carbocycles. The first kappa shape index (κ1) is 21.7. The molecule has 150 valence electrons. The molecule has 0 N–H and O–H groups in total. The maximum absolute atomic E-state index is 10.8. The number of hydrogen-bond acceptors (Lipinski definition) is 6. The van der Waals surface area contributed by atoms with E-state index in [9.17, 15) is 20.2 Å². The van der Waals surface area contributed by atoms with Crippen molar-refractivity contribution in [2.24, 2.45) is 0 Å². The third-order valence-electron chi connectivity index (χ3n) is 3.85. The van der Waals surface area contributed by atoms with Crippen molar-refractivity contribution in [1.29, 1.82) is 0 Å². The lowest BCUT2D eigenvalue weighted by atomic mass is 10.2. The summed E-state index contributed by atoms with van der Waals surface area (Å²) in [5.41, 5.74) is 1.05.